The summed E-state index contributed by atoms with van der Waals surface area (Å²) < 4.78 is 0. The molecule has 0 aliphatic rings. The minimum Gasteiger partial charge on any atom is -0.508 e. The van der Waals surface area contributed by atoms with Crippen molar-refractivity contribution in [3.05, 3.63) is 89.5 Å². The van der Waals surface area contributed by atoms with E-state index < -0.39 is 0 Å². The molecular weight excluding hydrogens is 480 g/mol. The largest absolute Gasteiger partial charge is 0.508 e. The minimum atomic E-state index is 0.252. The van der Waals surface area contributed by atoms with Gasteiger partial charge < -0.3 is 15.3 Å². The van der Waals surface area contributed by atoms with Gasteiger partial charge in [-0.05, 0) is 123 Å². The molecule has 3 atom stereocenters. The standard InChI is InChI=1S/C36H42O3/c1-7-22(4)31-34(25-10-16-28(37)17-11-25)32(23(5)8-2)36(27-14-20-30(39)21-15-27)33(24(6)9-3)35(31)26-12-18-29(38)19-13-26/h10-24,37-39H,7-9H2,1-6H3. The molecule has 0 fully saturated rings. The van der Waals surface area contributed by atoms with Gasteiger partial charge in [0.1, 0.15) is 17.2 Å². The van der Waals surface area contributed by atoms with Crippen LogP contribution in [0.2, 0.25) is 0 Å². The number of hydrogen-bond donors (Lipinski definition) is 3. The summed E-state index contributed by atoms with van der Waals surface area (Å²) in [6.07, 6.45) is 2.94. The molecule has 3 unspecified atom stereocenters. The van der Waals surface area contributed by atoms with Gasteiger partial charge in [0.2, 0.25) is 0 Å². The monoisotopic (exact) mass is 522 g/mol. The average Bonchev–Trinajstić information content (AvgIpc) is 2.96. The number of rotatable bonds is 9. The van der Waals surface area contributed by atoms with Crippen molar-refractivity contribution in [2.45, 2.75) is 78.6 Å². The van der Waals surface area contributed by atoms with E-state index in [1.54, 1.807) is 36.4 Å². The van der Waals surface area contributed by atoms with Crippen LogP contribution in [0.5, 0.6) is 17.2 Å². The molecule has 0 aliphatic heterocycles. The van der Waals surface area contributed by atoms with E-state index in [2.05, 4.69) is 41.5 Å². The van der Waals surface area contributed by atoms with E-state index in [0.29, 0.717) is 0 Å². The maximum Gasteiger partial charge on any atom is 0.115 e. The lowest BCUT2D eigenvalue weighted by Crippen LogP contribution is -2.13. The molecule has 0 radical (unpaired) electrons. The predicted octanol–water partition coefficient (Wildman–Crippen LogP) is 10.3. The molecule has 4 rings (SSSR count). The fourth-order valence-electron chi connectivity index (χ4n) is 5.72. The Morgan fingerprint density at radius 1 is 0.410 bits per heavy atom. The summed E-state index contributed by atoms with van der Waals surface area (Å²) in [4.78, 5) is 0. The van der Waals surface area contributed by atoms with Crippen molar-refractivity contribution in [2.24, 2.45) is 0 Å². The normalized spacial score (nSPS) is 13.7. The van der Waals surface area contributed by atoms with E-state index >= 15 is 0 Å². The van der Waals surface area contributed by atoms with Crippen LogP contribution in [0.4, 0.5) is 0 Å². The highest BCUT2D eigenvalue weighted by Gasteiger charge is 2.31. The maximum atomic E-state index is 10.2. The van der Waals surface area contributed by atoms with Gasteiger partial charge in [0.05, 0.1) is 0 Å². The molecule has 0 heterocycles. The third kappa shape index (κ3) is 5.54. The first-order chi connectivity index (χ1) is 18.7. The van der Waals surface area contributed by atoms with Gasteiger partial charge in [0.15, 0.2) is 0 Å². The second-order valence-electron chi connectivity index (χ2n) is 10.9. The van der Waals surface area contributed by atoms with Crippen molar-refractivity contribution in [3.8, 4) is 50.6 Å². The topological polar surface area (TPSA) is 60.7 Å². The second-order valence-corrected chi connectivity index (χ2v) is 10.9. The van der Waals surface area contributed by atoms with Gasteiger partial charge in [-0.3, -0.25) is 0 Å². The molecule has 0 aliphatic carbocycles. The highest BCUT2D eigenvalue weighted by molar-refractivity contribution is 5.93. The first kappa shape index (κ1) is 28.3. The molecule has 3 N–H and O–H groups in total. The smallest absolute Gasteiger partial charge is 0.115 e. The molecule has 4 aromatic carbocycles. The maximum absolute atomic E-state index is 10.2. The number of aromatic hydroxyl groups is 3. The van der Waals surface area contributed by atoms with Crippen LogP contribution in [-0.2, 0) is 0 Å². The first-order valence-electron chi connectivity index (χ1n) is 14.3. The van der Waals surface area contributed by atoms with Crippen molar-refractivity contribution < 1.29 is 15.3 Å². The number of phenolic OH excluding ortho intramolecular Hbond substituents is 3. The number of benzene rings is 4. The summed E-state index contributed by atoms with van der Waals surface area (Å²) in [6, 6.07) is 22.9. The zero-order valence-corrected chi connectivity index (χ0v) is 24.1. The van der Waals surface area contributed by atoms with E-state index in [1.165, 1.54) is 33.4 Å². The highest BCUT2D eigenvalue weighted by atomic mass is 16.3. The van der Waals surface area contributed by atoms with Crippen LogP contribution in [0.15, 0.2) is 72.8 Å². The second kappa shape index (κ2) is 12.0. The summed E-state index contributed by atoms with van der Waals surface area (Å²) in [5.74, 6) is 1.58. The molecular formula is C36H42O3. The Labute approximate surface area is 233 Å². The van der Waals surface area contributed by atoms with Crippen LogP contribution < -0.4 is 0 Å². The zero-order chi connectivity index (χ0) is 28.3. The third-order valence-corrected chi connectivity index (χ3v) is 8.40. The minimum absolute atomic E-state index is 0.252. The van der Waals surface area contributed by atoms with Gasteiger partial charge in [-0.2, -0.15) is 0 Å². The Balaban J connectivity index is 2.34. The van der Waals surface area contributed by atoms with E-state index in [1.807, 2.05) is 36.4 Å². The Morgan fingerprint density at radius 2 is 0.615 bits per heavy atom. The van der Waals surface area contributed by atoms with Crippen molar-refractivity contribution in [3.63, 3.8) is 0 Å². The average molecular weight is 523 g/mol. The summed E-state index contributed by atoms with van der Waals surface area (Å²) >= 11 is 0. The summed E-state index contributed by atoms with van der Waals surface area (Å²) in [7, 11) is 0. The Morgan fingerprint density at radius 3 is 0.795 bits per heavy atom. The molecule has 4 aromatic rings. The van der Waals surface area contributed by atoms with Gasteiger partial charge in [0, 0.05) is 0 Å². The van der Waals surface area contributed by atoms with Gasteiger partial charge in [0.25, 0.3) is 0 Å². The Hall–Kier alpha value is -3.72. The molecule has 0 aromatic heterocycles. The van der Waals surface area contributed by atoms with Crippen molar-refractivity contribution in [1.82, 2.24) is 0 Å². The predicted molar refractivity (Wildman–Crippen MR) is 164 cm³/mol. The Kier molecular flexibility index (Phi) is 8.70. The molecule has 0 bridgehead atoms. The lowest BCUT2D eigenvalue weighted by Gasteiger charge is -2.34. The van der Waals surface area contributed by atoms with Crippen molar-refractivity contribution in [2.75, 3.05) is 0 Å². The van der Waals surface area contributed by atoms with Crippen LogP contribution >= 0.6 is 0 Å². The quantitative estimate of drug-likeness (QED) is 0.205. The lowest BCUT2D eigenvalue weighted by atomic mass is 9.70. The third-order valence-electron chi connectivity index (χ3n) is 8.40. The zero-order valence-electron chi connectivity index (χ0n) is 24.1. The molecule has 3 nitrogen and oxygen atoms in total. The fraction of sp³-hybridized carbons (Fsp3) is 0.333. The van der Waals surface area contributed by atoms with Crippen LogP contribution in [-0.4, -0.2) is 15.3 Å². The number of hydrogen-bond acceptors (Lipinski definition) is 3. The molecule has 204 valence electrons. The molecule has 0 saturated carbocycles. The van der Waals surface area contributed by atoms with E-state index in [9.17, 15) is 15.3 Å². The fourth-order valence-corrected chi connectivity index (χ4v) is 5.72. The first-order valence-corrected chi connectivity index (χ1v) is 14.3. The van der Waals surface area contributed by atoms with E-state index in [4.69, 9.17) is 0 Å². The SMILES string of the molecule is CCC(C)c1c(-c2ccc(O)cc2)c(C(C)CC)c(-c2ccc(O)cc2)c(C(C)CC)c1-c1ccc(O)cc1. The van der Waals surface area contributed by atoms with Crippen LogP contribution in [0.25, 0.3) is 33.4 Å². The van der Waals surface area contributed by atoms with Crippen LogP contribution in [0.3, 0.4) is 0 Å². The molecule has 0 amide bonds. The summed E-state index contributed by atoms with van der Waals surface area (Å²) in [5.41, 5.74) is 10.9. The molecule has 3 heteroatoms. The van der Waals surface area contributed by atoms with Gasteiger partial charge in [-0.1, -0.05) is 77.9 Å². The summed E-state index contributed by atoms with van der Waals surface area (Å²) in [6.45, 7) is 13.7. The summed E-state index contributed by atoms with van der Waals surface area (Å²) in [5, 5.41) is 30.5. The van der Waals surface area contributed by atoms with E-state index in [0.717, 1.165) is 36.0 Å². The van der Waals surface area contributed by atoms with Gasteiger partial charge >= 0.3 is 0 Å². The van der Waals surface area contributed by atoms with Crippen molar-refractivity contribution >= 4 is 0 Å². The van der Waals surface area contributed by atoms with Gasteiger partial charge in [-0.25, -0.2) is 0 Å². The lowest BCUT2D eigenvalue weighted by molar-refractivity contribution is 0.475. The number of phenols is 3. The van der Waals surface area contributed by atoms with E-state index in [-0.39, 0.29) is 35.0 Å². The molecule has 0 saturated heterocycles. The Bertz CT molecular complexity index is 1200. The highest BCUT2D eigenvalue weighted by Crippen LogP contribution is 2.53. The van der Waals surface area contributed by atoms with Gasteiger partial charge in [-0.15, -0.1) is 0 Å². The van der Waals surface area contributed by atoms with Crippen LogP contribution in [0.1, 0.15) is 95.2 Å². The van der Waals surface area contributed by atoms with Crippen LogP contribution in [0, 0.1) is 0 Å². The molecule has 39 heavy (non-hydrogen) atoms. The van der Waals surface area contributed by atoms with Crippen molar-refractivity contribution in [1.29, 1.82) is 0 Å². The molecule has 0 spiro atoms.